The molecule has 0 amide bonds. The van der Waals surface area contributed by atoms with Gasteiger partial charge in [-0.3, -0.25) is 9.59 Å². The summed E-state index contributed by atoms with van der Waals surface area (Å²) < 4.78 is 81.3. The highest BCUT2D eigenvalue weighted by Crippen LogP contribution is 2.53. The van der Waals surface area contributed by atoms with Gasteiger partial charge < -0.3 is 0 Å². The zero-order valence-corrected chi connectivity index (χ0v) is 21.1. The summed E-state index contributed by atoms with van der Waals surface area (Å²) in [6, 6.07) is 16.9. The number of alkyl halides is 6. The minimum atomic E-state index is -4.77. The first-order valence-electron chi connectivity index (χ1n) is 12.4. The van der Waals surface area contributed by atoms with Crippen molar-refractivity contribution in [3.63, 3.8) is 0 Å². The Morgan fingerprint density at radius 2 is 1.07 bits per heavy atom. The van der Waals surface area contributed by atoms with Crippen LogP contribution in [-0.4, -0.2) is 11.6 Å². The van der Waals surface area contributed by atoms with E-state index in [9.17, 15) is 35.9 Å². The molecule has 0 fully saturated rings. The molecule has 0 spiro atoms. The van der Waals surface area contributed by atoms with Gasteiger partial charge in [-0.25, -0.2) is 4.85 Å². The number of nitrogens with zero attached hydrogens (tertiary/aromatic N) is 2. The molecule has 4 aromatic rings. The molecule has 206 valence electrons. The largest absolute Gasteiger partial charge is 0.417 e. The van der Waals surface area contributed by atoms with Crippen molar-refractivity contribution < 1.29 is 35.9 Å². The molecule has 10 heteroatoms. The number of rotatable bonds is 2. The summed E-state index contributed by atoms with van der Waals surface area (Å²) in [7, 11) is 0. The molecule has 0 saturated carbocycles. The van der Waals surface area contributed by atoms with Crippen LogP contribution in [0, 0.1) is 17.9 Å². The lowest BCUT2D eigenvalue weighted by Gasteiger charge is -2.13. The van der Waals surface area contributed by atoms with Gasteiger partial charge in [0.1, 0.15) is 0 Å². The molecule has 4 nitrogen and oxygen atoms in total. The summed E-state index contributed by atoms with van der Waals surface area (Å²) >= 11 is 0. The lowest BCUT2D eigenvalue weighted by molar-refractivity contribution is -0.138. The number of hydrogen-bond acceptors (Lipinski definition) is 3. The molecule has 2 atom stereocenters. The maximum Gasteiger partial charge on any atom is 0.417 e. The number of ketones is 2. The van der Waals surface area contributed by atoms with Crippen molar-refractivity contribution in [1.82, 2.24) is 0 Å². The molecule has 0 saturated heterocycles. The number of nitriles is 1. The summed E-state index contributed by atoms with van der Waals surface area (Å²) in [5, 5.41) is 9.10. The van der Waals surface area contributed by atoms with E-state index >= 15 is 0 Å². The van der Waals surface area contributed by atoms with Crippen LogP contribution in [-0.2, 0) is 12.4 Å². The van der Waals surface area contributed by atoms with E-state index in [0.717, 1.165) is 24.3 Å². The van der Waals surface area contributed by atoms with Crippen LogP contribution in [0.2, 0.25) is 0 Å². The SMILES string of the molecule is [C-]#[N+]c1ccc(-c2ccc3c(c2)C2C(=O)c4ccc(-c5ccc(C#N)c(C(F)(F)F)c5)cc4C2C3=O)cc1C(F)(F)F. The van der Waals surface area contributed by atoms with Crippen LogP contribution in [0.5, 0.6) is 0 Å². The molecule has 0 radical (unpaired) electrons. The number of carbonyl (C=O) groups is 2. The molecular formula is C32H14F6N2O2. The van der Waals surface area contributed by atoms with Crippen molar-refractivity contribution in [2.45, 2.75) is 24.2 Å². The highest BCUT2D eigenvalue weighted by molar-refractivity contribution is 6.20. The van der Waals surface area contributed by atoms with Gasteiger partial charge in [-0.1, -0.05) is 48.5 Å². The second-order valence-corrected chi connectivity index (χ2v) is 10.00. The number of fused-ring (bicyclic) bond motifs is 5. The van der Waals surface area contributed by atoms with Crippen LogP contribution in [0.1, 0.15) is 60.4 Å². The fraction of sp³-hybridized carbons (Fsp3) is 0.125. The maximum atomic E-state index is 13.6. The Balaban J connectivity index is 1.42. The molecule has 0 aliphatic heterocycles. The van der Waals surface area contributed by atoms with Gasteiger partial charge in [0.05, 0.1) is 41.2 Å². The Morgan fingerprint density at radius 3 is 1.52 bits per heavy atom. The summed E-state index contributed by atoms with van der Waals surface area (Å²) in [6.45, 7) is 7.04. The summed E-state index contributed by atoms with van der Waals surface area (Å²) in [4.78, 5) is 29.9. The molecule has 42 heavy (non-hydrogen) atoms. The van der Waals surface area contributed by atoms with Gasteiger partial charge in [0.2, 0.25) is 0 Å². The summed E-state index contributed by atoms with van der Waals surface area (Å²) in [5.41, 5.74) is -1.16. The number of hydrogen-bond donors (Lipinski definition) is 0. The summed E-state index contributed by atoms with van der Waals surface area (Å²) in [6.07, 6.45) is -9.53. The average Bonchev–Trinajstić information content (AvgIpc) is 3.42. The Morgan fingerprint density at radius 1 is 0.643 bits per heavy atom. The van der Waals surface area contributed by atoms with Gasteiger partial charge in [-0.05, 0) is 57.6 Å². The fourth-order valence-electron chi connectivity index (χ4n) is 5.82. The lowest BCUT2D eigenvalue weighted by Crippen LogP contribution is -2.09. The second kappa shape index (κ2) is 9.15. The third-order valence-corrected chi connectivity index (χ3v) is 7.74. The van der Waals surface area contributed by atoms with Gasteiger partial charge >= 0.3 is 12.4 Å². The fourth-order valence-corrected chi connectivity index (χ4v) is 5.82. The number of halogens is 6. The van der Waals surface area contributed by atoms with Crippen molar-refractivity contribution in [3.8, 4) is 28.3 Å². The topological polar surface area (TPSA) is 62.3 Å². The predicted octanol–water partition coefficient (Wildman–Crippen LogP) is 8.74. The van der Waals surface area contributed by atoms with Crippen molar-refractivity contribution in [3.05, 3.63) is 123 Å². The standard InChI is InChI=1S/C32H14F6N2O2/c1-40-26-9-6-18(13-25(26)32(36,37)38)16-5-8-21-23(11-16)28-27(30(21)42)22-10-15(4-7-20(22)29(28)41)17-2-3-19(14-39)24(12-17)31(33,34)35/h2-13,27-28H. The third-order valence-electron chi connectivity index (χ3n) is 7.74. The Kier molecular flexibility index (Phi) is 5.88. The molecular weight excluding hydrogens is 558 g/mol. The van der Waals surface area contributed by atoms with E-state index in [1.54, 1.807) is 0 Å². The monoisotopic (exact) mass is 572 g/mol. The minimum Gasteiger partial charge on any atom is -0.293 e. The van der Waals surface area contributed by atoms with Crippen LogP contribution in [0.15, 0.2) is 72.8 Å². The highest BCUT2D eigenvalue weighted by atomic mass is 19.4. The van der Waals surface area contributed by atoms with Gasteiger partial charge in [-0.15, -0.1) is 0 Å². The molecule has 6 rings (SSSR count). The van der Waals surface area contributed by atoms with E-state index in [0.29, 0.717) is 22.3 Å². The van der Waals surface area contributed by atoms with Crippen molar-refractivity contribution >= 4 is 17.3 Å². The zero-order chi connectivity index (χ0) is 30.1. The molecule has 2 unspecified atom stereocenters. The van der Waals surface area contributed by atoms with Crippen molar-refractivity contribution in [2.75, 3.05) is 0 Å². The van der Waals surface area contributed by atoms with Crippen LogP contribution < -0.4 is 0 Å². The van der Waals surface area contributed by atoms with Crippen LogP contribution in [0.25, 0.3) is 27.1 Å². The first-order chi connectivity index (χ1) is 19.8. The van der Waals surface area contributed by atoms with Crippen LogP contribution >= 0.6 is 0 Å². The van der Waals surface area contributed by atoms with E-state index in [1.165, 1.54) is 54.6 Å². The van der Waals surface area contributed by atoms with Gasteiger partial charge in [0.15, 0.2) is 17.3 Å². The van der Waals surface area contributed by atoms with E-state index in [4.69, 9.17) is 11.8 Å². The van der Waals surface area contributed by atoms with Gasteiger partial charge in [0.25, 0.3) is 0 Å². The molecule has 0 heterocycles. The average molecular weight is 572 g/mol. The normalized spacial score (nSPS) is 17.3. The first kappa shape index (κ1) is 27.0. The quantitative estimate of drug-likeness (QED) is 0.178. The predicted molar refractivity (Wildman–Crippen MR) is 139 cm³/mol. The Bertz CT molecular complexity index is 1800. The van der Waals surface area contributed by atoms with Gasteiger partial charge in [-0.2, -0.15) is 31.6 Å². The van der Waals surface area contributed by atoms with Gasteiger partial charge in [0, 0.05) is 11.1 Å². The van der Waals surface area contributed by atoms with Crippen LogP contribution in [0.3, 0.4) is 0 Å². The maximum absolute atomic E-state index is 13.6. The zero-order valence-electron chi connectivity index (χ0n) is 21.1. The molecule has 4 aromatic carbocycles. The number of Topliss-reactive ketones (excluding diaryl/α,β-unsaturated/α-hetero) is 2. The molecule has 0 bridgehead atoms. The Labute approximate surface area is 234 Å². The smallest absolute Gasteiger partial charge is 0.293 e. The lowest BCUT2D eigenvalue weighted by atomic mass is 9.90. The van der Waals surface area contributed by atoms with Crippen molar-refractivity contribution in [1.29, 1.82) is 5.26 Å². The third kappa shape index (κ3) is 4.07. The Hall–Kier alpha value is -5.22. The van der Waals surface area contributed by atoms with E-state index < -0.39 is 46.6 Å². The molecule has 0 aromatic heterocycles. The first-order valence-corrected chi connectivity index (χ1v) is 12.4. The van der Waals surface area contributed by atoms with E-state index in [2.05, 4.69) is 4.85 Å². The minimum absolute atomic E-state index is 0.147. The van der Waals surface area contributed by atoms with Crippen LogP contribution in [0.4, 0.5) is 32.0 Å². The van der Waals surface area contributed by atoms with E-state index in [1.807, 2.05) is 0 Å². The van der Waals surface area contributed by atoms with Crippen molar-refractivity contribution in [2.24, 2.45) is 0 Å². The second-order valence-electron chi connectivity index (χ2n) is 10.00. The summed E-state index contributed by atoms with van der Waals surface area (Å²) in [5.74, 6) is -2.62. The number of carbonyl (C=O) groups excluding carboxylic acids is 2. The molecule has 2 aliphatic rings. The highest BCUT2D eigenvalue weighted by Gasteiger charge is 2.51. The molecule has 2 aliphatic carbocycles. The van der Waals surface area contributed by atoms with E-state index in [-0.39, 0.29) is 33.8 Å². The number of benzene rings is 4. The molecule has 0 N–H and O–H groups in total.